The first-order valence-electron chi connectivity index (χ1n) is 8.91. The molecule has 0 saturated heterocycles. The number of dihydropyridines is 1. The molecule has 0 amide bonds. The molecule has 0 radical (unpaired) electrons. The normalized spacial score (nSPS) is 19.9. The third-order valence-electron chi connectivity index (χ3n) is 4.42. The zero-order chi connectivity index (χ0) is 22.4. The van der Waals surface area contributed by atoms with E-state index in [0.29, 0.717) is 17.0 Å². The maximum Gasteiger partial charge on any atom is 0.336 e. The van der Waals surface area contributed by atoms with Crippen molar-refractivity contribution in [2.24, 2.45) is 0 Å². The molecule has 0 saturated carbocycles. The van der Waals surface area contributed by atoms with E-state index in [-0.39, 0.29) is 36.6 Å². The van der Waals surface area contributed by atoms with Gasteiger partial charge in [-0.15, -0.1) is 0 Å². The fraction of sp³-hybridized carbons (Fsp3) is 0.353. The van der Waals surface area contributed by atoms with E-state index in [1.807, 2.05) is 0 Å². The summed E-state index contributed by atoms with van der Waals surface area (Å²) in [5.41, 5.74) is 0.870. The first-order chi connectivity index (χ1) is 14.1. The zero-order valence-electron chi connectivity index (χ0n) is 16.3. The molecule has 3 unspecified atom stereocenters. The smallest absolute Gasteiger partial charge is 0.336 e. The van der Waals surface area contributed by atoms with Crippen LogP contribution in [0, 0.1) is 15.6 Å². The molecule has 1 heterocycles. The van der Waals surface area contributed by atoms with Crippen molar-refractivity contribution in [3.63, 3.8) is 0 Å². The van der Waals surface area contributed by atoms with Gasteiger partial charge in [0.25, 0.3) is 0 Å². The van der Waals surface area contributed by atoms with Gasteiger partial charge in [-0.1, -0.05) is 17.5 Å². The van der Waals surface area contributed by atoms with Gasteiger partial charge in [-0.05, 0) is 19.4 Å². The number of hydrogen-bond donors (Lipinski definition) is 7. The molecule has 30 heavy (non-hydrogen) atoms. The summed E-state index contributed by atoms with van der Waals surface area (Å²) < 4.78 is 5.18. The summed E-state index contributed by atoms with van der Waals surface area (Å²) in [6.45, 7) is 2.82. The first-order valence-corrected chi connectivity index (χ1v) is 8.91. The number of carbonyl (C=O) groups excluding carboxylic acids is 1. The lowest BCUT2D eigenvalue weighted by molar-refractivity contribution is -1.21. The quantitative estimate of drug-likeness (QED) is 0.128. The number of carbonyl (C=O) groups is 1. The van der Waals surface area contributed by atoms with Crippen LogP contribution in [0.15, 0.2) is 46.9 Å². The molecule has 13 heteroatoms. The molecule has 0 bridgehead atoms. The zero-order valence-corrected chi connectivity index (χ0v) is 16.3. The Morgan fingerprint density at radius 3 is 2.40 bits per heavy atom. The minimum atomic E-state index is -1.44. The number of ether oxygens (including phenoxy) is 1. The highest BCUT2D eigenvalue weighted by Gasteiger charge is 2.38. The predicted molar refractivity (Wildman–Crippen MR) is 97.3 cm³/mol. The largest absolute Gasteiger partial charge is 0.595 e. The second-order valence-corrected chi connectivity index (χ2v) is 6.47. The van der Waals surface area contributed by atoms with Crippen LogP contribution in [0.25, 0.3) is 0 Å². The van der Waals surface area contributed by atoms with Crippen molar-refractivity contribution >= 4 is 11.7 Å². The molecule has 0 spiro atoms. The van der Waals surface area contributed by atoms with Crippen LogP contribution in [0.1, 0.15) is 31.7 Å². The number of nitrogens with one attached hydrogen (secondary N) is 4. The molecule has 166 valence electrons. The molecule has 0 fully saturated rings. The fourth-order valence-electron chi connectivity index (χ4n) is 3.19. The highest BCUT2D eigenvalue weighted by Crippen LogP contribution is 2.36. The van der Waals surface area contributed by atoms with Crippen molar-refractivity contribution < 1.29 is 45.8 Å². The third kappa shape index (κ3) is 5.80. The third-order valence-corrected chi connectivity index (χ3v) is 4.42. The average molecular weight is 428 g/mol. The maximum atomic E-state index is 12.8. The number of quaternary nitrogens is 3. The van der Waals surface area contributed by atoms with Crippen LogP contribution in [0.3, 0.4) is 0 Å². The molecular weight excluding hydrogens is 404 g/mol. The number of allylic oxidation sites excluding steroid dienone is 3. The van der Waals surface area contributed by atoms with Gasteiger partial charge >= 0.3 is 5.97 Å². The van der Waals surface area contributed by atoms with Crippen LogP contribution in [0.2, 0.25) is 0 Å². The summed E-state index contributed by atoms with van der Waals surface area (Å²) in [6.07, 6.45) is 0.123. The van der Waals surface area contributed by atoms with Crippen LogP contribution < -0.4 is 21.2 Å². The van der Waals surface area contributed by atoms with E-state index < -0.39 is 27.7 Å². The molecule has 0 aliphatic carbocycles. The molecular formula is C17H24N4O9. The molecule has 1 aliphatic rings. The van der Waals surface area contributed by atoms with Crippen molar-refractivity contribution in [1.29, 1.82) is 0 Å². The predicted octanol–water partition coefficient (Wildman–Crippen LogP) is -2.31. The Morgan fingerprint density at radius 1 is 1.10 bits per heavy atom. The van der Waals surface area contributed by atoms with E-state index >= 15 is 0 Å². The standard InChI is InChI=1S/C17H24N4O9/c1-10-14(17(22)29-7-4-8-30-21(27)28)15(16(20(25)26)11(2)18-10)12-5-3-6-13(9-12)19(23)24/h3,5-6,9,15,18-21,23,25,27H,4,7-8H2,1-2H3/t15-/m0/s1. The lowest BCUT2D eigenvalue weighted by atomic mass is 9.84. The van der Waals surface area contributed by atoms with E-state index in [1.165, 1.54) is 18.2 Å². The molecule has 0 aromatic heterocycles. The molecule has 1 aromatic carbocycles. The minimum Gasteiger partial charge on any atom is -0.595 e. The Morgan fingerprint density at radius 2 is 1.80 bits per heavy atom. The number of benzene rings is 1. The van der Waals surface area contributed by atoms with Crippen molar-refractivity contribution in [2.45, 2.75) is 26.2 Å². The van der Waals surface area contributed by atoms with Gasteiger partial charge in [0.15, 0.2) is 11.4 Å². The van der Waals surface area contributed by atoms with Gasteiger partial charge in [0, 0.05) is 24.3 Å². The van der Waals surface area contributed by atoms with Crippen molar-refractivity contribution in [3.8, 4) is 0 Å². The Bertz CT molecular complexity index is 823. The molecule has 7 N–H and O–H groups in total. The summed E-state index contributed by atoms with van der Waals surface area (Å²) in [4.78, 5) is 17.1. The summed E-state index contributed by atoms with van der Waals surface area (Å²) in [5.74, 6) is -1.85. The fourth-order valence-corrected chi connectivity index (χ4v) is 3.19. The number of hydroxylamine groups is 2. The summed E-state index contributed by atoms with van der Waals surface area (Å²) in [5, 5.41) is 60.0. The highest BCUT2D eigenvalue weighted by atomic mass is 17.1. The van der Waals surface area contributed by atoms with Gasteiger partial charge in [0.05, 0.1) is 23.8 Å². The minimum absolute atomic E-state index is 0.0275. The molecule has 1 aliphatic heterocycles. The van der Waals surface area contributed by atoms with Crippen molar-refractivity contribution in [1.82, 2.24) is 5.32 Å². The molecule has 2 rings (SSSR count). The Labute approximate surface area is 171 Å². The van der Waals surface area contributed by atoms with Crippen LogP contribution in [0.4, 0.5) is 5.69 Å². The van der Waals surface area contributed by atoms with E-state index in [4.69, 9.17) is 9.94 Å². The highest BCUT2D eigenvalue weighted by molar-refractivity contribution is 5.92. The monoisotopic (exact) mass is 428 g/mol. The van der Waals surface area contributed by atoms with Crippen molar-refractivity contribution in [2.75, 3.05) is 13.2 Å². The summed E-state index contributed by atoms with van der Waals surface area (Å²) in [7, 11) is 0. The van der Waals surface area contributed by atoms with Gasteiger partial charge in [-0.25, -0.2) is 15.2 Å². The topological polar surface area (TPSA) is 191 Å². The number of esters is 1. The van der Waals surface area contributed by atoms with Gasteiger partial charge in [0.2, 0.25) is 0 Å². The van der Waals surface area contributed by atoms with E-state index in [2.05, 4.69) is 10.2 Å². The second-order valence-electron chi connectivity index (χ2n) is 6.47. The van der Waals surface area contributed by atoms with Crippen molar-refractivity contribution in [3.05, 3.63) is 68.1 Å². The molecule has 1 aromatic rings. The lowest BCUT2D eigenvalue weighted by Crippen LogP contribution is -3.03. The first kappa shape index (κ1) is 23.8. The van der Waals surface area contributed by atoms with E-state index in [9.17, 15) is 30.8 Å². The van der Waals surface area contributed by atoms with Gasteiger partial charge in [-0.3, -0.25) is 0 Å². The van der Waals surface area contributed by atoms with Crippen LogP contribution in [-0.4, -0.2) is 34.8 Å². The molecule has 4 atom stereocenters. The van der Waals surface area contributed by atoms with E-state index in [0.717, 1.165) is 0 Å². The molecule has 13 nitrogen and oxygen atoms in total. The van der Waals surface area contributed by atoms with Gasteiger partial charge in [0.1, 0.15) is 6.61 Å². The Kier molecular flexibility index (Phi) is 8.39. The van der Waals surface area contributed by atoms with E-state index in [1.54, 1.807) is 19.9 Å². The van der Waals surface area contributed by atoms with Crippen LogP contribution in [0.5, 0.6) is 0 Å². The number of rotatable bonds is 9. The lowest BCUT2D eigenvalue weighted by Gasteiger charge is -2.32. The SMILES string of the molecule is CC1=C(C(=O)OCCCO[NH+]([O-])O)[C@H](c2cccc([NH+]([O-])O)c2)C([NH+]([O-])O)=C(C)N1. The van der Waals surface area contributed by atoms with Gasteiger partial charge in [-0.2, -0.15) is 20.5 Å². The maximum absolute atomic E-state index is 12.8. The van der Waals surface area contributed by atoms with Crippen LogP contribution >= 0.6 is 0 Å². The second kappa shape index (κ2) is 10.6. The average Bonchev–Trinajstić information content (AvgIpc) is 2.66. The Balaban J connectivity index is 2.35. The number of hydrogen-bond acceptors (Lipinski definition) is 10. The van der Waals surface area contributed by atoms with Gasteiger partial charge < -0.3 is 25.7 Å². The summed E-state index contributed by atoms with van der Waals surface area (Å²) >= 11 is 0. The summed E-state index contributed by atoms with van der Waals surface area (Å²) in [6, 6.07) is 5.69. The van der Waals surface area contributed by atoms with Crippen LogP contribution in [-0.2, 0) is 14.4 Å². The Hall–Kier alpha value is -2.43.